The molecule has 0 heterocycles. The third-order valence-corrected chi connectivity index (χ3v) is 3.99. The van der Waals surface area contributed by atoms with Crippen molar-refractivity contribution < 1.29 is 0 Å². The van der Waals surface area contributed by atoms with Crippen LogP contribution < -0.4 is 0 Å². The standard InChI is InChI=1S/C14H20/c1-4-14(2,3)13-10-9-11-7-5-6-8-12(11)13/h5-8,13H,4,9-10H2,1-3H3. The monoisotopic (exact) mass is 188 g/mol. The average Bonchev–Trinajstić information content (AvgIpc) is 2.61. The molecule has 0 spiro atoms. The lowest BCUT2D eigenvalue weighted by atomic mass is 9.74. The smallest absolute Gasteiger partial charge is 0.0105 e. The molecule has 76 valence electrons. The van der Waals surface area contributed by atoms with Crippen LogP contribution in [-0.4, -0.2) is 0 Å². The molecule has 0 bridgehead atoms. The Hall–Kier alpha value is -0.780. The molecule has 1 aromatic rings. The zero-order chi connectivity index (χ0) is 10.2. The zero-order valence-corrected chi connectivity index (χ0v) is 9.51. The fourth-order valence-electron chi connectivity index (χ4n) is 2.62. The van der Waals surface area contributed by atoms with Gasteiger partial charge in [-0.2, -0.15) is 0 Å². The van der Waals surface area contributed by atoms with Gasteiger partial charge in [0.25, 0.3) is 0 Å². The van der Waals surface area contributed by atoms with E-state index in [9.17, 15) is 0 Å². The molecule has 0 saturated heterocycles. The molecular formula is C14H20. The van der Waals surface area contributed by atoms with Crippen molar-refractivity contribution >= 4 is 0 Å². The number of hydrogen-bond acceptors (Lipinski definition) is 0. The van der Waals surface area contributed by atoms with Crippen LogP contribution in [0, 0.1) is 5.41 Å². The molecule has 2 rings (SSSR count). The van der Waals surface area contributed by atoms with Crippen LogP contribution >= 0.6 is 0 Å². The third-order valence-electron chi connectivity index (χ3n) is 3.99. The van der Waals surface area contributed by atoms with Gasteiger partial charge in [0.15, 0.2) is 0 Å². The molecule has 1 aliphatic rings. The van der Waals surface area contributed by atoms with Gasteiger partial charge >= 0.3 is 0 Å². The van der Waals surface area contributed by atoms with Crippen molar-refractivity contribution in [2.45, 2.75) is 46.0 Å². The van der Waals surface area contributed by atoms with E-state index in [-0.39, 0.29) is 0 Å². The van der Waals surface area contributed by atoms with Crippen LogP contribution in [0.3, 0.4) is 0 Å². The van der Waals surface area contributed by atoms with E-state index >= 15 is 0 Å². The first-order valence-electron chi connectivity index (χ1n) is 5.73. The van der Waals surface area contributed by atoms with E-state index in [1.54, 1.807) is 11.1 Å². The molecule has 0 heteroatoms. The fourth-order valence-corrected chi connectivity index (χ4v) is 2.62. The predicted octanol–water partition coefficient (Wildman–Crippen LogP) is 4.15. The number of benzene rings is 1. The van der Waals surface area contributed by atoms with Gasteiger partial charge in [-0.1, -0.05) is 51.5 Å². The summed E-state index contributed by atoms with van der Waals surface area (Å²) in [5.74, 6) is 0.781. The van der Waals surface area contributed by atoms with Gasteiger partial charge in [-0.3, -0.25) is 0 Å². The van der Waals surface area contributed by atoms with Crippen LogP contribution in [0.25, 0.3) is 0 Å². The summed E-state index contributed by atoms with van der Waals surface area (Å²) in [6.07, 6.45) is 3.90. The molecule has 0 fully saturated rings. The first kappa shape index (κ1) is 9.76. The highest BCUT2D eigenvalue weighted by Gasteiger charge is 2.33. The molecule has 0 saturated carbocycles. The van der Waals surface area contributed by atoms with Crippen LogP contribution in [0.15, 0.2) is 24.3 Å². The Balaban J connectivity index is 2.35. The minimum atomic E-state index is 0.465. The lowest BCUT2D eigenvalue weighted by Gasteiger charge is -2.31. The van der Waals surface area contributed by atoms with E-state index in [1.807, 2.05) is 0 Å². The molecule has 14 heavy (non-hydrogen) atoms. The van der Waals surface area contributed by atoms with Crippen molar-refractivity contribution in [1.82, 2.24) is 0 Å². The second-order valence-corrected chi connectivity index (χ2v) is 5.13. The van der Waals surface area contributed by atoms with Gasteiger partial charge < -0.3 is 0 Å². The summed E-state index contributed by atoms with van der Waals surface area (Å²) >= 11 is 0. The highest BCUT2D eigenvalue weighted by Crippen LogP contribution is 2.46. The Bertz CT molecular complexity index is 323. The molecule has 0 aliphatic heterocycles. The van der Waals surface area contributed by atoms with E-state index < -0.39 is 0 Å². The number of rotatable bonds is 2. The lowest BCUT2D eigenvalue weighted by Crippen LogP contribution is -2.19. The van der Waals surface area contributed by atoms with Gasteiger partial charge in [-0.15, -0.1) is 0 Å². The number of hydrogen-bond donors (Lipinski definition) is 0. The van der Waals surface area contributed by atoms with E-state index in [2.05, 4.69) is 45.0 Å². The maximum atomic E-state index is 2.40. The minimum absolute atomic E-state index is 0.465. The summed E-state index contributed by atoms with van der Waals surface area (Å²) < 4.78 is 0. The highest BCUT2D eigenvalue weighted by molar-refractivity contribution is 5.36. The van der Waals surface area contributed by atoms with Gasteiger partial charge in [0, 0.05) is 0 Å². The van der Waals surface area contributed by atoms with Crippen molar-refractivity contribution in [2.75, 3.05) is 0 Å². The highest BCUT2D eigenvalue weighted by atomic mass is 14.4. The van der Waals surface area contributed by atoms with E-state index in [0.717, 1.165) is 5.92 Å². The van der Waals surface area contributed by atoms with Crippen molar-refractivity contribution in [1.29, 1.82) is 0 Å². The Morgan fingerprint density at radius 3 is 2.71 bits per heavy atom. The van der Waals surface area contributed by atoms with Crippen molar-refractivity contribution in [2.24, 2.45) is 5.41 Å². The summed E-state index contributed by atoms with van der Waals surface area (Å²) in [6, 6.07) is 8.97. The van der Waals surface area contributed by atoms with Crippen LogP contribution in [0.4, 0.5) is 0 Å². The minimum Gasteiger partial charge on any atom is -0.0649 e. The summed E-state index contributed by atoms with van der Waals surface area (Å²) in [5, 5.41) is 0. The molecule has 0 radical (unpaired) electrons. The topological polar surface area (TPSA) is 0 Å². The second-order valence-electron chi connectivity index (χ2n) is 5.13. The summed E-state index contributed by atoms with van der Waals surface area (Å²) in [7, 11) is 0. The van der Waals surface area contributed by atoms with Gasteiger partial charge in [-0.25, -0.2) is 0 Å². The first-order chi connectivity index (χ1) is 6.65. The maximum absolute atomic E-state index is 2.40. The van der Waals surface area contributed by atoms with Gasteiger partial charge in [0.05, 0.1) is 0 Å². The molecule has 0 amide bonds. The maximum Gasteiger partial charge on any atom is -0.0105 e. The molecule has 1 aromatic carbocycles. The lowest BCUT2D eigenvalue weighted by molar-refractivity contribution is 0.272. The molecule has 0 nitrogen and oxygen atoms in total. The summed E-state index contributed by atoms with van der Waals surface area (Å²) in [4.78, 5) is 0. The molecule has 0 N–H and O–H groups in total. The van der Waals surface area contributed by atoms with E-state index in [1.165, 1.54) is 19.3 Å². The molecule has 1 atom stereocenters. The van der Waals surface area contributed by atoms with Gasteiger partial charge in [0.2, 0.25) is 0 Å². The zero-order valence-electron chi connectivity index (χ0n) is 9.51. The molecule has 0 aromatic heterocycles. The number of fused-ring (bicyclic) bond motifs is 1. The van der Waals surface area contributed by atoms with Crippen molar-refractivity contribution in [3.05, 3.63) is 35.4 Å². The average molecular weight is 188 g/mol. The molecule has 1 unspecified atom stereocenters. The Kier molecular flexibility index (Phi) is 2.38. The van der Waals surface area contributed by atoms with Crippen molar-refractivity contribution in [3.8, 4) is 0 Å². The number of aryl methyl sites for hydroxylation is 1. The quantitative estimate of drug-likeness (QED) is 0.654. The fraction of sp³-hybridized carbons (Fsp3) is 0.571. The second kappa shape index (κ2) is 3.42. The van der Waals surface area contributed by atoms with Crippen LogP contribution in [0.1, 0.15) is 50.7 Å². The SMILES string of the molecule is CCC(C)(C)C1CCc2ccccc21. The van der Waals surface area contributed by atoms with Crippen LogP contribution in [-0.2, 0) is 6.42 Å². The van der Waals surface area contributed by atoms with Crippen molar-refractivity contribution in [3.63, 3.8) is 0 Å². The predicted molar refractivity (Wildman–Crippen MR) is 61.6 cm³/mol. The van der Waals surface area contributed by atoms with Crippen LogP contribution in [0.5, 0.6) is 0 Å². The Morgan fingerprint density at radius 1 is 1.29 bits per heavy atom. The van der Waals surface area contributed by atoms with E-state index in [0.29, 0.717) is 5.41 Å². The normalized spacial score (nSPS) is 20.9. The van der Waals surface area contributed by atoms with Crippen LogP contribution in [0.2, 0.25) is 0 Å². The van der Waals surface area contributed by atoms with Gasteiger partial charge in [0.1, 0.15) is 0 Å². The largest absolute Gasteiger partial charge is 0.0649 e. The molecular weight excluding hydrogens is 168 g/mol. The summed E-state index contributed by atoms with van der Waals surface area (Å²) in [6.45, 7) is 7.11. The first-order valence-corrected chi connectivity index (χ1v) is 5.73. The third kappa shape index (κ3) is 1.47. The summed E-state index contributed by atoms with van der Waals surface area (Å²) in [5.41, 5.74) is 3.66. The molecule has 1 aliphatic carbocycles. The van der Waals surface area contributed by atoms with Gasteiger partial charge in [-0.05, 0) is 35.3 Å². The van der Waals surface area contributed by atoms with E-state index in [4.69, 9.17) is 0 Å². The Labute approximate surface area is 87.3 Å². The Morgan fingerprint density at radius 2 is 2.00 bits per heavy atom.